The third-order valence-electron chi connectivity index (χ3n) is 2.03. The van der Waals surface area contributed by atoms with Crippen LogP contribution in [0.4, 0.5) is 5.82 Å². The highest BCUT2D eigenvalue weighted by molar-refractivity contribution is 5.43. The van der Waals surface area contributed by atoms with Crippen molar-refractivity contribution >= 4 is 5.82 Å². The van der Waals surface area contributed by atoms with Gasteiger partial charge in [0.1, 0.15) is 17.6 Å². The van der Waals surface area contributed by atoms with Crippen molar-refractivity contribution in [3.05, 3.63) is 23.9 Å². The van der Waals surface area contributed by atoms with E-state index in [9.17, 15) is 0 Å². The van der Waals surface area contributed by atoms with Crippen molar-refractivity contribution in [1.82, 2.24) is 4.98 Å². The van der Waals surface area contributed by atoms with Crippen LogP contribution in [-0.4, -0.2) is 18.1 Å². The summed E-state index contributed by atoms with van der Waals surface area (Å²) < 4.78 is 0. The molecule has 0 aromatic carbocycles. The van der Waals surface area contributed by atoms with Gasteiger partial charge in [0.15, 0.2) is 0 Å². The van der Waals surface area contributed by atoms with Crippen LogP contribution in [-0.2, 0) is 0 Å². The van der Waals surface area contributed by atoms with Crippen molar-refractivity contribution in [3.63, 3.8) is 0 Å². The van der Waals surface area contributed by atoms with Crippen molar-refractivity contribution in [1.29, 1.82) is 5.26 Å². The highest BCUT2D eigenvalue weighted by atomic mass is 15.2. The van der Waals surface area contributed by atoms with Gasteiger partial charge < -0.3 is 4.90 Å². The molecule has 1 aromatic rings. The molecular formula is C9H9N3. The topological polar surface area (TPSA) is 39.9 Å². The average molecular weight is 159 g/mol. The maximum Gasteiger partial charge on any atom is 0.142 e. The van der Waals surface area contributed by atoms with Crippen molar-refractivity contribution in [2.24, 2.45) is 0 Å². The van der Waals surface area contributed by atoms with E-state index in [-0.39, 0.29) is 0 Å². The fraction of sp³-hybridized carbons (Fsp3) is 0.333. The number of rotatable bonds is 1. The van der Waals surface area contributed by atoms with E-state index in [1.54, 1.807) is 6.07 Å². The summed E-state index contributed by atoms with van der Waals surface area (Å²) in [5.74, 6) is 0.931. The second kappa shape index (κ2) is 2.82. The van der Waals surface area contributed by atoms with E-state index in [4.69, 9.17) is 5.26 Å². The van der Waals surface area contributed by atoms with Crippen LogP contribution in [0, 0.1) is 11.3 Å². The Balaban J connectivity index is 2.27. The molecule has 12 heavy (non-hydrogen) atoms. The fourth-order valence-corrected chi connectivity index (χ4v) is 1.21. The third kappa shape index (κ3) is 1.12. The van der Waals surface area contributed by atoms with Gasteiger partial charge in [-0.2, -0.15) is 5.26 Å². The zero-order chi connectivity index (χ0) is 8.39. The number of anilines is 1. The van der Waals surface area contributed by atoms with E-state index in [1.165, 1.54) is 6.42 Å². The highest BCUT2D eigenvalue weighted by Crippen LogP contribution is 2.17. The molecule has 1 saturated heterocycles. The minimum atomic E-state index is 0.499. The number of hydrogen-bond acceptors (Lipinski definition) is 3. The number of aromatic nitrogens is 1. The maximum atomic E-state index is 8.60. The Labute approximate surface area is 71.3 Å². The predicted molar refractivity (Wildman–Crippen MR) is 45.8 cm³/mol. The van der Waals surface area contributed by atoms with Crippen LogP contribution in [0.3, 0.4) is 0 Å². The summed E-state index contributed by atoms with van der Waals surface area (Å²) in [5, 5.41) is 8.60. The van der Waals surface area contributed by atoms with Crippen LogP contribution in [0.15, 0.2) is 18.2 Å². The van der Waals surface area contributed by atoms with Crippen molar-refractivity contribution < 1.29 is 0 Å². The molecule has 0 spiro atoms. The van der Waals surface area contributed by atoms with Crippen LogP contribution < -0.4 is 4.90 Å². The highest BCUT2D eigenvalue weighted by Gasteiger charge is 2.15. The molecule has 2 heterocycles. The smallest absolute Gasteiger partial charge is 0.142 e. The van der Waals surface area contributed by atoms with E-state index in [1.807, 2.05) is 18.2 Å². The van der Waals surface area contributed by atoms with Gasteiger partial charge >= 0.3 is 0 Å². The van der Waals surface area contributed by atoms with Crippen molar-refractivity contribution in [2.75, 3.05) is 18.0 Å². The maximum absolute atomic E-state index is 8.60. The lowest BCUT2D eigenvalue weighted by Gasteiger charge is -2.31. The molecule has 0 amide bonds. The first-order valence-corrected chi connectivity index (χ1v) is 4.02. The Hall–Kier alpha value is -1.56. The van der Waals surface area contributed by atoms with E-state index >= 15 is 0 Å². The lowest BCUT2D eigenvalue weighted by Crippen LogP contribution is -2.37. The zero-order valence-corrected chi connectivity index (χ0v) is 6.70. The lowest BCUT2D eigenvalue weighted by atomic mass is 10.2. The van der Waals surface area contributed by atoms with Gasteiger partial charge in [0.05, 0.1) is 0 Å². The summed E-state index contributed by atoms with van der Waals surface area (Å²) in [5.41, 5.74) is 0.499. The van der Waals surface area contributed by atoms with Crippen LogP contribution in [0.5, 0.6) is 0 Å². The number of nitriles is 1. The SMILES string of the molecule is N#Cc1cccc(N2CCC2)n1. The van der Waals surface area contributed by atoms with Gasteiger partial charge in [0.2, 0.25) is 0 Å². The molecule has 0 aliphatic carbocycles. The second-order valence-corrected chi connectivity index (χ2v) is 2.83. The molecular weight excluding hydrogens is 150 g/mol. The summed E-state index contributed by atoms with van der Waals surface area (Å²) in [7, 11) is 0. The zero-order valence-electron chi connectivity index (χ0n) is 6.70. The molecule has 1 aliphatic heterocycles. The summed E-state index contributed by atoms with van der Waals surface area (Å²) in [6.07, 6.45) is 1.23. The van der Waals surface area contributed by atoms with Crippen molar-refractivity contribution in [2.45, 2.75) is 6.42 Å². The molecule has 0 saturated carbocycles. The largest absolute Gasteiger partial charge is 0.356 e. The van der Waals surface area contributed by atoms with E-state index in [2.05, 4.69) is 9.88 Å². The van der Waals surface area contributed by atoms with Crippen LogP contribution >= 0.6 is 0 Å². The minimum absolute atomic E-state index is 0.499. The summed E-state index contributed by atoms with van der Waals surface area (Å²) in [6, 6.07) is 7.58. The summed E-state index contributed by atoms with van der Waals surface area (Å²) >= 11 is 0. The van der Waals surface area contributed by atoms with Crippen LogP contribution in [0.2, 0.25) is 0 Å². The normalized spacial score (nSPS) is 15.1. The quantitative estimate of drug-likeness (QED) is 0.617. The molecule has 1 aliphatic rings. The van der Waals surface area contributed by atoms with E-state index in [0.717, 1.165) is 18.9 Å². The van der Waals surface area contributed by atoms with Crippen LogP contribution in [0.25, 0.3) is 0 Å². The standard InChI is InChI=1S/C9H9N3/c10-7-8-3-1-4-9(11-8)12-5-2-6-12/h1,3-4H,2,5-6H2. The summed E-state index contributed by atoms with van der Waals surface area (Å²) in [6.45, 7) is 2.14. The minimum Gasteiger partial charge on any atom is -0.356 e. The Bertz CT molecular complexity index is 323. The van der Waals surface area contributed by atoms with Gasteiger partial charge in [-0.15, -0.1) is 0 Å². The molecule has 0 atom stereocenters. The monoisotopic (exact) mass is 159 g/mol. The van der Waals surface area contributed by atoms with Gasteiger partial charge in [0.25, 0.3) is 0 Å². The Morgan fingerprint density at radius 1 is 1.42 bits per heavy atom. The molecule has 1 aromatic heterocycles. The van der Waals surface area contributed by atoms with Gasteiger partial charge in [-0.05, 0) is 18.6 Å². The first-order chi connectivity index (χ1) is 5.90. The molecule has 0 bridgehead atoms. The molecule has 60 valence electrons. The second-order valence-electron chi connectivity index (χ2n) is 2.83. The molecule has 0 radical (unpaired) electrons. The van der Waals surface area contributed by atoms with Gasteiger partial charge in [-0.25, -0.2) is 4.98 Å². The summed E-state index contributed by atoms with van der Waals surface area (Å²) in [4.78, 5) is 6.35. The average Bonchev–Trinajstić information content (AvgIpc) is 2.02. The number of nitrogens with zero attached hydrogens (tertiary/aromatic N) is 3. The molecule has 1 fully saturated rings. The predicted octanol–water partition coefficient (Wildman–Crippen LogP) is 1.16. The molecule has 3 nitrogen and oxygen atoms in total. The molecule has 0 N–H and O–H groups in total. The van der Waals surface area contributed by atoms with Crippen molar-refractivity contribution in [3.8, 4) is 6.07 Å². The third-order valence-corrected chi connectivity index (χ3v) is 2.03. The lowest BCUT2D eigenvalue weighted by molar-refractivity contribution is 0.609. The Kier molecular flexibility index (Phi) is 1.67. The van der Waals surface area contributed by atoms with E-state index < -0.39 is 0 Å². The number of pyridine rings is 1. The fourth-order valence-electron chi connectivity index (χ4n) is 1.21. The van der Waals surface area contributed by atoms with Gasteiger partial charge in [0, 0.05) is 13.1 Å². The first kappa shape index (κ1) is 7.11. The Morgan fingerprint density at radius 3 is 2.83 bits per heavy atom. The molecule has 0 unspecified atom stereocenters. The Morgan fingerprint density at radius 2 is 2.25 bits per heavy atom. The van der Waals surface area contributed by atoms with Crippen LogP contribution in [0.1, 0.15) is 12.1 Å². The van der Waals surface area contributed by atoms with Gasteiger partial charge in [-0.1, -0.05) is 6.07 Å². The molecule has 3 heteroatoms. The molecule has 2 rings (SSSR count). The van der Waals surface area contributed by atoms with Gasteiger partial charge in [-0.3, -0.25) is 0 Å². The number of hydrogen-bond donors (Lipinski definition) is 0. The first-order valence-electron chi connectivity index (χ1n) is 4.02. The van der Waals surface area contributed by atoms with E-state index in [0.29, 0.717) is 5.69 Å².